The lowest BCUT2D eigenvalue weighted by atomic mass is 9.93. The van der Waals surface area contributed by atoms with E-state index in [9.17, 15) is 4.79 Å². The molecule has 2 heterocycles. The summed E-state index contributed by atoms with van der Waals surface area (Å²) >= 11 is 0. The van der Waals surface area contributed by atoms with E-state index in [1.807, 2.05) is 59.5 Å². The standard InChI is InChI=1S/C24H26N4O2/c1-30-19-11-7-10-18(15-19)20-16-26-24(25)27-23(20)21-12-5-6-13-28(21)22(29)14-17-8-3-2-4-9-17/h2-4,7-11,15-16,21H,5-6,12-14H2,1H3,(H2,25,26,27)/t21-/m1/s1. The Balaban J connectivity index is 1.70. The molecule has 1 saturated heterocycles. The molecule has 0 radical (unpaired) electrons. The topological polar surface area (TPSA) is 81.3 Å². The Hall–Kier alpha value is -3.41. The number of methoxy groups -OCH3 is 1. The largest absolute Gasteiger partial charge is 0.497 e. The second kappa shape index (κ2) is 8.95. The molecule has 1 atom stereocenters. The number of nitrogen functional groups attached to an aromatic ring is 1. The second-order valence-corrected chi connectivity index (χ2v) is 7.52. The zero-order valence-electron chi connectivity index (χ0n) is 17.1. The van der Waals surface area contributed by atoms with E-state index >= 15 is 0 Å². The number of piperidine rings is 1. The van der Waals surface area contributed by atoms with Gasteiger partial charge in [-0.25, -0.2) is 9.97 Å². The molecule has 6 heteroatoms. The molecule has 1 fully saturated rings. The molecule has 6 nitrogen and oxygen atoms in total. The third-order valence-electron chi connectivity index (χ3n) is 5.55. The Kier molecular flexibility index (Phi) is 5.93. The zero-order chi connectivity index (χ0) is 20.9. The van der Waals surface area contributed by atoms with Crippen molar-refractivity contribution < 1.29 is 9.53 Å². The Labute approximate surface area is 176 Å². The fourth-order valence-corrected chi connectivity index (χ4v) is 4.06. The number of ether oxygens (including phenoxy) is 1. The number of benzene rings is 2. The minimum absolute atomic E-state index is 0.111. The highest BCUT2D eigenvalue weighted by atomic mass is 16.5. The summed E-state index contributed by atoms with van der Waals surface area (Å²) in [7, 11) is 1.64. The summed E-state index contributed by atoms with van der Waals surface area (Å²) in [6.45, 7) is 0.720. The van der Waals surface area contributed by atoms with Crippen molar-refractivity contribution in [2.75, 3.05) is 19.4 Å². The van der Waals surface area contributed by atoms with Crippen molar-refractivity contribution in [3.05, 3.63) is 72.1 Å². The Bertz CT molecular complexity index is 1020. The molecule has 0 saturated carbocycles. The minimum atomic E-state index is -0.124. The van der Waals surface area contributed by atoms with Gasteiger partial charge in [0.05, 0.1) is 25.3 Å². The summed E-state index contributed by atoms with van der Waals surface area (Å²) in [6.07, 6.45) is 5.02. The number of aromatic nitrogens is 2. The lowest BCUT2D eigenvalue weighted by Crippen LogP contribution is -2.40. The lowest BCUT2D eigenvalue weighted by molar-refractivity contribution is -0.134. The summed E-state index contributed by atoms with van der Waals surface area (Å²) in [5, 5.41) is 0. The van der Waals surface area contributed by atoms with Crippen LogP contribution in [0.5, 0.6) is 5.75 Å². The molecule has 0 bridgehead atoms. The molecule has 0 aliphatic carbocycles. The number of nitrogens with two attached hydrogens (primary N) is 1. The van der Waals surface area contributed by atoms with Crippen LogP contribution in [0.25, 0.3) is 11.1 Å². The summed E-state index contributed by atoms with van der Waals surface area (Å²) in [5.74, 6) is 1.09. The molecule has 154 valence electrons. The van der Waals surface area contributed by atoms with Gasteiger partial charge in [-0.15, -0.1) is 0 Å². The van der Waals surface area contributed by atoms with Gasteiger partial charge in [0.25, 0.3) is 0 Å². The fourth-order valence-electron chi connectivity index (χ4n) is 4.06. The maximum absolute atomic E-state index is 13.2. The van der Waals surface area contributed by atoms with Gasteiger partial charge in [-0.1, -0.05) is 42.5 Å². The second-order valence-electron chi connectivity index (χ2n) is 7.52. The van der Waals surface area contributed by atoms with E-state index in [0.717, 1.165) is 53.9 Å². The summed E-state index contributed by atoms with van der Waals surface area (Å²) in [4.78, 5) is 24.0. The van der Waals surface area contributed by atoms with Gasteiger partial charge in [-0.2, -0.15) is 0 Å². The van der Waals surface area contributed by atoms with Gasteiger partial charge < -0.3 is 15.4 Å². The lowest BCUT2D eigenvalue weighted by Gasteiger charge is -2.36. The van der Waals surface area contributed by atoms with Crippen LogP contribution in [0, 0.1) is 0 Å². The molecule has 3 aromatic rings. The molecular weight excluding hydrogens is 376 g/mol. The first kappa shape index (κ1) is 19.9. The van der Waals surface area contributed by atoms with Crippen LogP contribution >= 0.6 is 0 Å². The van der Waals surface area contributed by atoms with E-state index in [2.05, 4.69) is 9.97 Å². The first-order chi connectivity index (χ1) is 14.7. The van der Waals surface area contributed by atoms with Gasteiger partial charge in [0.15, 0.2) is 0 Å². The molecule has 0 spiro atoms. The SMILES string of the molecule is COc1cccc(-c2cnc(N)nc2[C@H]2CCCCN2C(=O)Cc2ccccc2)c1. The highest BCUT2D eigenvalue weighted by molar-refractivity contribution is 5.80. The van der Waals surface area contributed by atoms with Crippen LogP contribution in [-0.4, -0.2) is 34.4 Å². The molecular formula is C24H26N4O2. The van der Waals surface area contributed by atoms with Crippen LogP contribution in [0.15, 0.2) is 60.8 Å². The molecule has 1 aliphatic heterocycles. The van der Waals surface area contributed by atoms with E-state index < -0.39 is 0 Å². The predicted octanol–water partition coefficient (Wildman–Crippen LogP) is 4.03. The molecule has 4 rings (SSSR count). The monoisotopic (exact) mass is 402 g/mol. The van der Waals surface area contributed by atoms with E-state index in [1.165, 1.54) is 0 Å². The quantitative estimate of drug-likeness (QED) is 0.697. The molecule has 0 unspecified atom stereocenters. The first-order valence-corrected chi connectivity index (χ1v) is 10.3. The number of hydrogen-bond acceptors (Lipinski definition) is 5. The van der Waals surface area contributed by atoms with E-state index in [1.54, 1.807) is 13.3 Å². The molecule has 1 amide bonds. The van der Waals surface area contributed by atoms with Crippen molar-refractivity contribution in [3.8, 4) is 16.9 Å². The van der Waals surface area contributed by atoms with Crippen LogP contribution in [0.4, 0.5) is 5.95 Å². The molecule has 2 N–H and O–H groups in total. The van der Waals surface area contributed by atoms with Crippen LogP contribution < -0.4 is 10.5 Å². The van der Waals surface area contributed by atoms with Gasteiger partial charge in [0.1, 0.15) is 5.75 Å². The number of anilines is 1. The number of amides is 1. The Morgan fingerprint density at radius 3 is 2.80 bits per heavy atom. The minimum Gasteiger partial charge on any atom is -0.497 e. The molecule has 1 aromatic heterocycles. The maximum atomic E-state index is 13.2. The normalized spacial score (nSPS) is 16.3. The van der Waals surface area contributed by atoms with Gasteiger partial charge in [-0.3, -0.25) is 4.79 Å². The van der Waals surface area contributed by atoms with Crippen molar-refractivity contribution in [2.45, 2.75) is 31.7 Å². The van der Waals surface area contributed by atoms with Crippen LogP contribution in [0.2, 0.25) is 0 Å². The molecule has 30 heavy (non-hydrogen) atoms. The number of likely N-dealkylation sites (tertiary alicyclic amines) is 1. The van der Waals surface area contributed by atoms with Crippen molar-refractivity contribution in [1.82, 2.24) is 14.9 Å². The third-order valence-corrected chi connectivity index (χ3v) is 5.55. The van der Waals surface area contributed by atoms with Crippen molar-refractivity contribution in [3.63, 3.8) is 0 Å². The maximum Gasteiger partial charge on any atom is 0.227 e. The van der Waals surface area contributed by atoms with Gasteiger partial charge in [0.2, 0.25) is 11.9 Å². The van der Waals surface area contributed by atoms with Crippen LogP contribution in [-0.2, 0) is 11.2 Å². The average Bonchev–Trinajstić information content (AvgIpc) is 2.79. The number of carbonyl (C=O) groups excluding carboxylic acids is 1. The summed E-state index contributed by atoms with van der Waals surface area (Å²) < 4.78 is 5.38. The highest BCUT2D eigenvalue weighted by Gasteiger charge is 2.31. The molecule has 1 aliphatic rings. The number of nitrogens with zero attached hydrogens (tertiary/aromatic N) is 3. The van der Waals surface area contributed by atoms with Crippen molar-refractivity contribution in [2.24, 2.45) is 0 Å². The number of carbonyl (C=O) groups is 1. The smallest absolute Gasteiger partial charge is 0.227 e. The van der Waals surface area contributed by atoms with Gasteiger partial charge in [0, 0.05) is 18.3 Å². The predicted molar refractivity (Wildman–Crippen MR) is 117 cm³/mol. The Morgan fingerprint density at radius 2 is 2.00 bits per heavy atom. The van der Waals surface area contributed by atoms with Crippen molar-refractivity contribution >= 4 is 11.9 Å². The third kappa shape index (κ3) is 4.27. The Morgan fingerprint density at radius 1 is 1.17 bits per heavy atom. The summed E-state index contributed by atoms with van der Waals surface area (Å²) in [6, 6.07) is 17.5. The van der Waals surface area contributed by atoms with E-state index in [4.69, 9.17) is 10.5 Å². The van der Waals surface area contributed by atoms with Crippen molar-refractivity contribution in [1.29, 1.82) is 0 Å². The summed E-state index contributed by atoms with van der Waals surface area (Å²) in [5.41, 5.74) is 9.61. The first-order valence-electron chi connectivity index (χ1n) is 10.3. The van der Waals surface area contributed by atoms with E-state index in [-0.39, 0.29) is 17.9 Å². The average molecular weight is 402 g/mol. The number of hydrogen-bond donors (Lipinski definition) is 1. The fraction of sp³-hybridized carbons (Fsp3) is 0.292. The highest BCUT2D eigenvalue weighted by Crippen LogP contribution is 2.37. The van der Waals surface area contributed by atoms with Gasteiger partial charge >= 0.3 is 0 Å². The van der Waals surface area contributed by atoms with E-state index in [0.29, 0.717) is 6.42 Å². The zero-order valence-corrected chi connectivity index (χ0v) is 17.1. The number of rotatable bonds is 5. The van der Waals surface area contributed by atoms with Crippen LogP contribution in [0.3, 0.4) is 0 Å². The molecule has 2 aromatic carbocycles. The van der Waals surface area contributed by atoms with Crippen LogP contribution in [0.1, 0.15) is 36.6 Å². The van der Waals surface area contributed by atoms with Gasteiger partial charge in [-0.05, 0) is 42.5 Å².